The molecule has 1 aromatic heterocycles. The number of nitrogens with two attached hydrogens (primary N) is 1. The number of hydrogen-bond donors (Lipinski definition) is 2. The van der Waals surface area contributed by atoms with E-state index in [1.165, 1.54) is 11.3 Å². The van der Waals surface area contributed by atoms with Crippen LogP contribution in [-0.2, 0) is 4.79 Å². The van der Waals surface area contributed by atoms with E-state index in [2.05, 4.69) is 4.98 Å². The number of carbonyl (C=O) groups is 1. The molecule has 0 amide bonds. The fraction of sp³-hybridized carbons (Fsp3) is 0.500. The SMILES string of the molecule is Cc1nc(C(N)CC(=O)O)sc1C. The standard InChI is InChI=1S/C8H12N2O2S/c1-4-5(2)13-8(10-4)6(9)3-7(11)12/h6H,3,9H2,1-2H3,(H,11,12). The molecule has 0 radical (unpaired) electrons. The number of aryl methyl sites for hydroxylation is 2. The van der Waals surface area contributed by atoms with Crippen LogP contribution in [0.25, 0.3) is 0 Å². The molecule has 0 aliphatic heterocycles. The minimum atomic E-state index is -0.891. The second-order valence-corrected chi connectivity index (χ2v) is 4.13. The highest BCUT2D eigenvalue weighted by molar-refractivity contribution is 7.11. The Balaban J connectivity index is 2.77. The van der Waals surface area contributed by atoms with Gasteiger partial charge < -0.3 is 10.8 Å². The molecule has 0 aliphatic carbocycles. The van der Waals surface area contributed by atoms with Crippen LogP contribution < -0.4 is 5.73 Å². The summed E-state index contributed by atoms with van der Waals surface area (Å²) in [6, 6.07) is -0.477. The predicted molar refractivity (Wildman–Crippen MR) is 50.8 cm³/mol. The minimum Gasteiger partial charge on any atom is -0.481 e. The highest BCUT2D eigenvalue weighted by Crippen LogP contribution is 2.22. The first-order chi connectivity index (χ1) is 6.00. The maximum Gasteiger partial charge on any atom is 0.305 e. The molecular formula is C8H12N2O2S. The van der Waals surface area contributed by atoms with Crippen molar-refractivity contribution in [2.24, 2.45) is 5.73 Å². The fourth-order valence-corrected chi connectivity index (χ4v) is 1.86. The number of aromatic nitrogens is 1. The first-order valence-corrected chi connectivity index (χ1v) is 4.73. The molecule has 0 saturated heterocycles. The Morgan fingerprint density at radius 1 is 1.69 bits per heavy atom. The van der Waals surface area contributed by atoms with Crippen molar-refractivity contribution in [3.63, 3.8) is 0 Å². The Hall–Kier alpha value is -0.940. The lowest BCUT2D eigenvalue weighted by Gasteiger charge is -2.02. The minimum absolute atomic E-state index is 0.0631. The van der Waals surface area contributed by atoms with Crippen molar-refractivity contribution < 1.29 is 9.90 Å². The van der Waals surface area contributed by atoms with Gasteiger partial charge in [0.2, 0.25) is 0 Å². The van der Waals surface area contributed by atoms with Crippen molar-refractivity contribution in [2.45, 2.75) is 26.3 Å². The summed E-state index contributed by atoms with van der Waals surface area (Å²) in [4.78, 5) is 15.7. The van der Waals surface area contributed by atoms with Gasteiger partial charge in [-0.25, -0.2) is 4.98 Å². The molecule has 1 rings (SSSR count). The molecular weight excluding hydrogens is 188 g/mol. The molecule has 72 valence electrons. The highest BCUT2D eigenvalue weighted by Gasteiger charge is 2.15. The maximum atomic E-state index is 10.4. The van der Waals surface area contributed by atoms with Gasteiger partial charge in [-0.15, -0.1) is 11.3 Å². The number of hydrogen-bond acceptors (Lipinski definition) is 4. The van der Waals surface area contributed by atoms with Crippen molar-refractivity contribution in [1.29, 1.82) is 0 Å². The normalized spacial score (nSPS) is 12.8. The van der Waals surface area contributed by atoms with Crippen LogP contribution >= 0.6 is 11.3 Å². The van der Waals surface area contributed by atoms with Crippen LogP contribution in [-0.4, -0.2) is 16.1 Å². The van der Waals surface area contributed by atoms with Crippen LogP contribution in [0.1, 0.15) is 28.0 Å². The lowest BCUT2D eigenvalue weighted by Crippen LogP contribution is -2.14. The van der Waals surface area contributed by atoms with Gasteiger partial charge in [0.1, 0.15) is 5.01 Å². The molecule has 5 heteroatoms. The van der Waals surface area contributed by atoms with Gasteiger partial charge in [0.05, 0.1) is 18.2 Å². The fourth-order valence-electron chi connectivity index (χ4n) is 0.932. The molecule has 0 bridgehead atoms. The van der Waals surface area contributed by atoms with E-state index in [-0.39, 0.29) is 6.42 Å². The summed E-state index contributed by atoms with van der Waals surface area (Å²) >= 11 is 1.46. The van der Waals surface area contributed by atoms with E-state index in [0.29, 0.717) is 5.01 Å². The zero-order valence-corrected chi connectivity index (χ0v) is 8.39. The Morgan fingerprint density at radius 2 is 2.31 bits per heavy atom. The van der Waals surface area contributed by atoms with E-state index in [0.717, 1.165) is 10.6 Å². The molecule has 0 aliphatic rings. The highest BCUT2D eigenvalue weighted by atomic mass is 32.1. The molecule has 1 aromatic rings. The van der Waals surface area contributed by atoms with Gasteiger partial charge >= 0.3 is 5.97 Å². The summed E-state index contributed by atoms with van der Waals surface area (Å²) in [6.45, 7) is 3.84. The van der Waals surface area contributed by atoms with E-state index >= 15 is 0 Å². The first kappa shape index (κ1) is 10.1. The Morgan fingerprint density at radius 3 is 2.69 bits per heavy atom. The van der Waals surface area contributed by atoms with Crippen molar-refractivity contribution in [3.8, 4) is 0 Å². The van der Waals surface area contributed by atoms with Crippen LogP contribution in [0.4, 0.5) is 0 Å². The van der Waals surface area contributed by atoms with Crippen molar-refractivity contribution in [3.05, 3.63) is 15.6 Å². The van der Waals surface area contributed by atoms with Gasteiger partial charge in [0, 0.05) is 4.88 Å². The summed E-state index contributed by atoms with van der Waals surface area (Å²) < 4.78 is 0. The zero-order valence-electron chi connectivity index (χ0n) is 7.57. The summed E-state index contributed by atoms with van der Waals surface area (Å²) in [5, 5.41) is 9.22. The van der Waals surface area contributed by atoms with Gasteiger partial charge in [-0.05, 0) is 13.8 Å². The van der Waals surface area contributed by atoms with Crippen molar-refractivity contribution in [1.82, 2.24) is 4.98 Å². The van der Waals surface area contributed by atoms with Crippen molar-refractivity contribution >= 4 is 17.3 Å². The lowest BCUT2D eigenvalue weighted by molar-refractivity contribution is -0.137. The monoisotopic (exact) mass is 200 g/mol. The lowest BCUT2D eigenvalue weighted by atomic mass is 10.2. The Labute approximate surface area is 80.4 Å². The smallest absolute Gasteiger partial charge is 0.305 e. The van der Waals surface area contributed by atoms with E-state index in [9.17, 15) is 4.79 Å². The number of thiazole rings is 1. The Kier molecular flexibility index (Phi) is 3.00. The van der Waals surface area contributed by atoms with E-state index in [1.54, 1.807) is 0 Å². The van der Waals surface area contributed by atoms with Crippen LogP contribution in [0.2, 0.25) is 0 Å². The van der Waals surface area contributed by atoms with E-state index in [1.807, 2.05) is 13.8 Å². The van der Waals surface area contributed by atoms with Gasteiger partial charge in [0.15, 0.2) is 0 Å². The zero-order chi connectivity index (χ0) is 10.0. The van der Waals surface area contributed by atoms with Crippen molar-refractivity contribution in [2.75, 3.05) is 0 Å². The Bertz CT molecular complexity index is 302. The maximum absolute atomic E-state index is 10.4. The number of rotatable bonds is 3. The molecule has 3 N–H and O–H groups in total. The second-order valence-electron chi connectivity index (χ2n) is 2.90. The number of nitrogens with zero attached hydrogens (tertiary/aromatic N) is 1. The first-order valence-electron chi connectivity index (χ1n) is 3.92. The molecule has 0 fully saturated rings. The second kappa shape index (κ2) is 3.85. The quantitative estimate of drug-likeness (QED) is 0.769. The van der Waals surface area contributed by atoms with Gasteiger partial charge in [-0.3, -0.25) is 4.79 Å². The molecule has 4 nitrogen and oxygen atoms in total. The molecule has 0 spiro atoms. The summed E-state index contributed by atoms with van der Waals surface area (Å²) in [6.07, 6.45) is -0.0631. The number of carboxylic acid groups (broad SMARTS) is 1. The summed E-state index contributed by atoms with van der Waals surface area (Å²) in [5.74, 6) is -0.891. The van der Waals surface area contributed by atoms with Crippen LogP contribution in [0, 0.1) is 13.8 Å². The third kappa shape index (κ3) is 2.50. The molecule has 1 unspecified atom stereocenters. The third-order valence-electron chi connectivity index (χ3n) is 1.76. The largest absolute Gasteiger partial charge is 0.481 e. The van der Waals surface area contributed by atoms with E-state index in [4.69, 9.17) is 10.8 Å². The predicted octanol–water partition coefficient (Wildman–Crippen LogP) is 1.23. The van der Waals surface area contributed by atoms with Gasteiger partial charge in [-0.2, -0.15) is 0 Å². The average Bonchev–Trinajstić information content (AvgIpc) is 2.31. The van der Waals surface area contributed by atoms with Gasteiger partial charge in [-0.1, -0.05) is 0 Å². The average molecular weight is 200 g/mol. The summed E-state index contributed by atoms with van der Waals surface area (Å²) in [5.41, 5.74) is 6.58. The number of carboxylic acids is 1. The molecule has 1 heterocycles. The topological polar surface area (TPSA) is 76.2 Å². The third-order valence-corrected chi connectivity index (χ3v) is 2.96. The molecule has 0 aromatic carbocycles. The molecule has 1 atom stereocenters. The number of aliphatic carboxylic acids is 1. The van der Waals surface area contributed by atoms with E-state index < -0.39 is 12.0 Å². The molecule has 0 saturated carbocycles. The molecule has 13 heavy (non-hydrogen) atoms. The van der Waals surface area contributed by atoms with Crippen LogP contribution in [0.5, 0.6) is 0 Å². The van der Waals surface area contributed by atoms with Crippen LogP contribution in [0.3, 0.4) is 0 Å². The summed E-state index contributed by atoms with van der Waals surface area (Å²) in [7, 11) is 0. The van der Waals surface area contributed by atoms with Gasteiger partial charge in [0.25, 0.3) is 0 Å². The van der Waals surface area contributed by atoms with Crippen LogP contribution in [0.15, 0.2) is 0 Å².